The van der Waals surface area contributed by atoms with Crippen molar-refractivity contribution >= 4 is 11.6 Å². The number of hydrogen-bond acceptors (Lipinski definition) is 3. The van der Waals surface area contributed by atoms with E-state index in [0.29, 0.717) is 32.0 Å². The maximum Gasteiger partial charge on any atom is 0.221 e. The van der Waals surface area contributed by atoms with E-state index in [-0.39, 0.29) is 5.91 Å². The van der Waals surface area contributed by atoms with Gasteiger partial charge >= 0.3 is 0 Å². The molecule has 1 aromatic rings. The van der Waals surface area contributed by atoms with Gasteiger partial charge in [-0.05, 0) is 24.0 Å². The monoisotopic (exact) mass is 278 g/mol. The number of carbonyl (C=O) groups excluding carboxylic acids is 1. The van der Waals surface area contributed by atoms with Crippen LogP contribution in [0.2, 0.25) is 0 Å². The first-order chi connectivity index (χ1) is 9.65. The van der Waals surface area contributed by atoms with Crippen LogP contribution in [0.4, 0.5) is 5.69 Å². The van der Waals surface area contributed by atoms with E-state index in [9.17, 15) is 4.79 Å². The second-order valence-corrected chi connectivity index (χ2v) is 5.12. The molecule has 0 bridgehead atoms. The van der Waals surface area contributed by atoms with Gasteiger partial charge in [0.15, 0.2) is 0 Å². The van der Waals surface area contributed by atoms with Crippen LogP contribution in [0.15, 0.2) is 24.3 Å². The van der Waals surface area contributed by atoms with Gasteiger partial charge in [-0.15, -0.1) is 0 Å². The molecule has 1 amide bonds. The summed E-state index contributed by atoms with van der Waals surface area (Å²) >= 11 is 0. The largest absolute Gasteiger partial charge is 0.385 e. The Kier molecular flexibility index (Phi) is 7.73. The van der Waals surface area contributed by atoms with Gasteiger partial charge in [-0.1, -0.05) is 32.0 Å². The predicted octanol–water partition coefficient (Wildman–Crippen LogP) is 2.76. The van der Waals surface area contributed by atoms with Gasteiger partial charge < -0.3 is 15.4 Å². The number of rotatable bonds is 9. The highest BCUT2D eigenvalue weighted by atomic mass is 16.5. The summed E-state index contributed by atoms with van der Waals surface area (Å²) in [4.78, 5) is 11.6. The maximum absolute atomic E-state index is 11.6. The minimum atomic E-state index is 0.0793. The zero-order chi connectivity index (χ0) is 14.8. The van der Waals surface area contributed by atoms with Crippen LogP contribution >= 0.6 is 0 Å². The average molecular weight is 278 g/mol. The minimum absolute atomic E-state index is 0.0793. The molecule has 1 rings (SSSR count). The van der Waals surface area contributed by atoms with Gasteiger partial charge in [0.1, 0.15) is 0 Å². The van der Waals surface area contributed by atoms with E-state index in [1.807, 2.05) is 12.1 Å². The lowest BCUT2D eigenvalue weighted by Gasteiger charge is -2.14. The predicted molar refractivity (Wildman–Crippen MR) is 83.1 cm³/mol. The molecule has 20 heavy (non-hydrogen) atoms. The number of hydrogen-bond donors (Lipinski definition) is 2. The maximum atomic E-state index is 11.6. The average Bonchev–Trinajstić information content (AvgIpc) is 2.44. The molecule has 0 unspecified atom stereocenters. The summed E-state index contributed by atoms with van der Waals surface area (Å²) in [5.74, 6) is 0.553. The topological polar surface area (TPSA) is 50.4 Å². The smallest absolute Gasteiger partial charge is 0.221 e. The fraction of sp³-hybridized carbons (Fsp3) is 0.562. The van der Waals surface area contributed by atoms with Gasteiger partial charge in [-0.25, -0.2) is 0 Å². The molecule has 4 nitrogen and oxygen atoms in total. The first-order valence-corrected chi connectivity index (χ1v) is 7.23. The van der Waals surface area contributed by atoms with Crippen molar-refractivity contribution in [2.45, 2.75) is 32.6 Å². The fourth-order valence-corrected chi connectivity index (χ4v) is 2.00. The summed E-state index contributed by atoms with van der Waals surface area (Å²) in [6, 6.07) is 8.24. The van der Waals surface area contributed by atoms with Crippen molar-refractivity contribution in [2.75, 3.05) is 32.1 Å². The summed E-state index contributed by atoms with van der Waals surface area (Å²) in [5, 5.41) is 6.22. The molecule has 1 aromatic carbocycles. The number of benzene rings is 1. The Bertz CT molecular complexity index is 405. The Balaban J connectivity index is 2.28. The Labute approximate surface area is 121 Å². The van der Waals surface area contributed by atoms with Crippen molar-refractivity contribution in [3.8, 4) is 0 Å². The van der Waals surface area contributed by atoms with E-state index >= 15 is 0 Å². The van der Waals surface area contributed by atoms with Crippen LogP contribution in [0, 0.1) is 0 Å². The number of nitrogens with one attached hydrogen (secondary N) is 2. The third-order valence-electron chi connectivity index (χ3n) is 3.10. The normalized spacial score (nSPS) is 10.6. The fourth-order valence-electron chi connectivity index (χ4n) is 2.00. The van der Waals surface area contributed by atoms with Gasteiger partial charge in [0.05, 0.1) is 0 Å². The van der Waals surface area contributed by atoms with Crippen molar-refractivity contribution in [1.29, 1.82) is 0 Å². The molecule has 0 aromatic heterocycles. The summed E-state index contributed by atoms with van der Waals surface area (Å²) in [5.41, 5.74) is 2.41. The summed E-state index contributed by atoms with van der Waals surface area (Å²) in [7, 11) is 1.66. The molecular formula is C16H26N2O2. The number of ether oxygens (including phenoxy) is 1. The molecule has 0 aliphatic rings. The minimum Gasteiger partial charge on any atom is -0.385 e. The van der Waals surface area contributed by atoms with Crippen LogP contribution in [0.25, 0.3) is 0 Å². The molecule has 112 valence electrons. The molecule has 0 fully saturated rings. The third kappa shape index (κ3) is 6.06. The number of anilines is 1. The van der Waals surface area contributed by atoms with E-state index in [0.717, 1.165) is 12.1 Å². The quantitative estimate of drug-likeness (QED) is 0.683. The number of para-hydroxylation sites is 1. The molecular weight excluding hydrogens is 252 g/mol. The zero-order valence-corrected chi connectivity index (χ0v) is 12.7. The Morgan fingerprint density at radius 1 is 1.25 bits per heavy atom. The van der Waals surface area contributed by atoms with Crippen LogP contribution in [0.1, 0.15) is 38.2 Å². The first kappa shape index (κ1) is 16.5. The molecule has 2 N–H and O–H groups in total. The van der Waals surface area contributed by atoms with Gasteiger partial charge in [-0.3, -0.25) is 4.79 Å². The summed E-state index contributed by atoms with van der Waals surface area (Å²) in [6.07, 6.45) is 1.34. The Hall–Kier alpha value is -1.55. The number of methoxy groups -OCH3 is 1. The lowest BCUT2D eigenvalue weighted by molar-refractivity contribution is -0.120. The van der Waals surface area contributed by atoms with E-state index in [1.54, 1.807) is 7.11 Å². The van der Waals surface area contributed by atoms with Crippen LogP contribution in [-0.2, 0) is 9.53 Å². The van der Waals surface area contributed by atoms with Crippen LogP contribution in [-0.4, -0.2) is 32.7 Å². The highest BCUT2D eigenvalue weighted by molar-refractivity contribution is 5.76. The Morgan fingerprint density at radius 3 is 2.70 bits per heavy atom. The molecule has 0 aliphatic carbocycles. The molecule has 0 heterocycles. The van der Waals surface area contributed by atoms with Gasteiger partial charge in [0, 0.05) is 38.9 Å². The molecule has 0 saturated heterocycles. The molecule has 0 atom stereocenters. The summed E-state index contributed by atoms with van der Waals surface area (Å²) in [6.45, 7) is 6.35. The van der Waals surface area contributed by atoms with Crippen molar-refractivity contribution in [3.63, 3.8) is 0 Å². The van der Waals surface area contributed by atoms with Gasteiger partial charge in [0.2, 0.25) is 5.91 Å². The second kappa shape index (κ2) is 9.37. The molecule has 0 radical (unpaired) electrons. The van der Waals surface area contributed by atoms with Gasteiger partial charge in [-0.2, -0.15) is 0 Å². The third-order valence-corrected chi connectivity index (χ3v) is 3.10. The Morgan fingerprint density at radius 2 is 2.00 bits per heavy atom. The molecule has 0 spiro atoms. The van der Waals surface area contributed by atoms with E-state index in [1.165, 1.54) is 5.56 Å². The van der Waals surface area contributed by atoms with Crippen LogP contribution < -0.4 is 10.6 Å². The molecule has 0 saturated carbocycles. The lowest BCUT2D eigenvalue weighted by Crippen LogP contribution is -2.27. The van der Waals surface area contributed by atoms with Gasteiger partial charge in [0.25, 0.3) is 0 Å². The summed E-state index contributed by atoms with van der Waals surface area (Å²) < 4.78 is 4.93. The first-order valence-electron chi connectivity index (χ1n) is 7.23. The van der Waals surface area contributed by atoms with Crippen molar-refractivity contribution in [2.24, 2.45) is 0 Å². The molecule has 0 aliphatic heterocycles. The molecule has 4 heteroatoms. The zero-order valence-electron chi connectivity index (χ0n) is 12.7. The van der Waals surface area contributed by atoms with Crippen LogP contribution in [0.5, 0.6) is 0 Å². The number of carbonyl (C=O) groups is 1. The van der Waals surface area contributed by atoms with Crippen molar-refractivity contribution in [3.05, 3.63) is 29.8 Å². The van der Waals surface area contributed by atoms with Crippen LogP contribution in [0.3, 0.4) is 0 Å². The SMILES string of the molecule is COCCCNC(=O)CCNc1ccccc1C(C)C. The van der Waals surface area contributed by atoms with Crippen molar-refractivity contribution < 1.29 is 9.53 Å². The highest BCUT2D eigenvalue weighted by Crippen LogP contribution is 2.23. The van der Waals surface area contributed by atoms with Crippen molar-refractivity contribution in [1.82, 2.24) is 5.32 Å². The standard InChI is InChI=1S/C16H26N2O2/c1-13(2)14-7-4-5-8-15(14)17-11-9-16(19)18-10-6-12-20-3/h4-5,7-8,13,17H,6,9-12H2,1-3H3,(H,18,19). The second-order valence-electron chi connectivity index (χ2n) is 5.12. The van der Waals surface area contributed by atoms with E-state index in [4.69, 9.17) is 4.74 Å². The highest BCUT2D eigenvalue weighted by Gasteiger charge is 2.06. The van der Waals surface area contributed by atoms with E-state index < -0.39 is 0 Å². The lowest BCUT2D eigenvalue weighted by atomic mass is 10.0. The number of amides is 1. The van der Waals surface area contributed by atoms with E-state index in [2.05, 4.69) is 36.6 Å².